The van der Waals surface area contributed by atoms with Gasteiger partial charge in [-0.15, -0.1) is 0 Å². The van der Waals surface area contributed by atoms with Gasteiger partial charge in [-0.3, -0.25) is 8.61 Å². The van der Waals surface area contributed by atoms with Crippen LogP contribution in [-0.2, 0) is 10.8 Å². The Morgan fingerprint density at radius 3 is 2.56 bits per heavy atom. The molecule has 3 aromatic rings. The van der Waals surface area contributed by atoms with Crippen LogP contribution in [0.15, 0.2) is 41.6 Å². The van der Waals surface area contributed by atoms with Crippen LogP contribution in [0.4, 0.5) is 4.39 Å². The number of benzene rings is 1. The van der Waals surface area contributed by atoms with Crippen LogP contribution in [0.2, 0.25) is 0 Å². The Balaban J connectivity index is 2.23. The summed E-state index contributed by atoms with van der Waals surface area (Å²) in [6.45, 7) is 7.49. The Morgan fingerprint density at radius 2 is 1.96 bits per heavy atom. The Morgan fingerprint density at radius 1 is 1.24 bits per heavy atom. The molecule has 0 aliphatic carbocycles. The third-order valence-corrected chi connectivity index (χ3v) is 5.82. The molecule has 6 heteroatoms. The maximum atomic E-state index is 13.6. The van der Waals surface area contributed by atoms with Crippen LogP contribution in [0.25, 0.3) is 16.9 Å². The Labute approximate surface area is 149 Å². The highest BCUT2D eigenvalue weighted by molar-refractivity contribution is 7.86. The van der Waals surface area contributed by atoms with E-state index in [0.717, 1.165) is 11.3 Å². The molecular formula is C19H21FN2O2S. The average Bonchev–Trinajstić information content (AvgIpc) is 2.97. The molecule has 2 heterocycles. The van der Waals surface area contributed by atoms with Crippen LogP contribution in [-0.4, -0.2) is 25.5 Å². The molecule has 132 valence electrons. The van der Waals surface area contributed by atoms with Crippen molar-refractivity contribution in [1.82, 2.24) is 9.38 Å². The number of halogens is 1. The highest BCUT2D eigenvalue weighted by atomic mass is 32.2. The number of imidazole rings is 1. The topological polar surface area (TPSA) is 43.6 Å². The summed E-state index contributed by atoms with van der Waals surface area (Å²) in [5.41, 5.74) is 2.92. The van der Waals surface area contributed by atoms with E-state index in [-0.39, 0.29) is 5.82 Å². The number of rotatable bonds is 3. The molecule has 2 aromatic heterocycles. The fraction of sp³-hybridized carbons (Fsp3) is 0.316. The molecule has 0 aliphatic heterocycles. The number of hydrogen-bond donors (Lipinski definition) is 0. The summed E-state index contributed by atoms with van der Waals surface area (Å²) in [5.74, 6) is 0.307. The van der Waals surface area contributed by atoms with E-state index >= 15 is 0 Å². The first-order valence-electron chi connectivity index (χ1n) is 7.96. The van der Waals surface area contributed by atoms with Gasteiger partial charge in [0.15, 0.2) is 0 Å². The maximum absolute atomic E-state index is 13.6. The lowest BCUT2D eigenvalue weighted by Crippen LogP contribution is -2.22. The second kappa shape index (κ2) is 6.26. The SMILES string of the molecule is COc1cc2ncc(-c3ccc(F)c(C)c3)n2cc1S(=O)C(C)(C)C. The molecule has 0 saturated carbocycles. The van der Waals surface area contributed by atoms with Crippen molar-refractivity contribution >= 4 is 16.4 Å². The zero-order valence-corrected chi connectivity index (χ0v) is 15.8. The highest BCUT2D eigenvalue weighted by Crippen LogP contribution is 2.32. The molecular weight excluding hydrogens is 339 g/mol. The summed E-state index contributed by atoms with van der Waals surface area (Å²) in [4.78, 5) is 5.02. The molecule has 0 saturated heterocycles. The van der Waals surface area contributed by atoms with E-state index in [1.165, 1.54) is 6.07 Å². The molecule has 0 spiro atoms. The lowest BCUT2D eigenvalue weighted by molar-refractivity contribution is 0.403. The number of nitrogens with zero attached hydrogens (tertiary/aromatic N) is 2. The first-order chi connectivity index (χ1) is 11.7. The van der Waals surface area contributed by atoms with Crippen LogP contribution in [0.1, 0.15) is 26.3 Å². The van der Waals surface area contributed by atoms with Crippen LogP contribution in [0, 0.1) is 12.7 Å². The molecule has 1 aromatic carbocycles. The molecule has 0 N–H and O–H groups in total. The molecule has 3 rings (SSSR count). The number of aromatic nitrogens is 2. The van der Waals surface area contributed by atoms with Crippen molar-refractivity contribution in [2.45, 2.75) is 37.3 Å². The van der Waals surface area contributed by atoms with Gasteiger partial charge in [-0.05, 0) is 51.5 Å². The predicted molar refractivity (Wildman–Crippen MR) is 98.0 cm³/mol. The molecule has 1 atom stereocenters. The first-order valence-corrected chi connectivity index (χ1v) is 9.11. The Bertz CT molecular complexity index is 973. The van der Waals surface area contributed by atoms with E-state index in [1.807, 2.05) is 25.2 Å². The number of aryl methyl sites for hydroxylation is 1. The standard InChI is InChI=1S/C19H21FN2O2S/c1-12-8-13(6-7-14(12)20)15-10-21-18-9-16(24-5)17(11-22(15)18)25(23)19(2,3)4/h6-11H,1-5H3. The van der Waals surface area contributed by atoms with Gasteiger partial charge in [-0.25, -0.2) is 9.37 Å². The molecule has 1 unspecified atom stereocenters. The second-order valence-corrected chi connectivity index (χ2v) is 9.12. The van der Waals surface area contributed by atoms with Crippen LogP contribution < -0.4 is 4.74 Å². The molecule has 25 heavy (non-hydrogen) atoms. The van der Waals surface area contributed by atoms with Gasteiger partial charge in [-0.2, -0.15) is 0 Å². The van der Waals surface area contributed by atoms with Crippen LogP contribution in [0.3, 0.4) is 0 Å². The summed E-state index contributed by atoms with van der Waals surface area (Å²) in [6, 6.07) is 6.72. The monoisotopic (exact) mass is 360 g/mol. The fourth-order valence-corrected chi connectivity index (χ4v) is 3.82. The van der Waals surface area contributed by atoms with Crippen molar-refractivity contribution in [2.24, 2.45) is 0 Å². The molecule has 0 fully saturated rings. The summed E-state index contributed by atoms with van der Waals surface area (Å²) >= 11 is 0. The van der Waals surface area contributed by atoms with E-state index in [0.29, 0.717) is 21.9 Å². The third kappa shape index (κ3) is 3.18. The van der Waals surface area contributed by atoms with Crippen molar-refractivity contribution in [3.8, 4) is 17.0 Å². The zero-order chi connectivity index (χ0) is 18.4. The lowest BCUT2D eigenvalue weighted by atomic mass is 10.1. The van der Waals surface area contributed by atoms with Crippen molar-refractivity contribution in [1.29, 1.82) is 0 Å². The van der Waals surface area contributed by atoms with Crippen LogP contribution in [0.5, 0.6) is 5.75 Å². The molecule has 0 bridgehead atoms. The Hall–Kier alpha value is -2.21. The maximum Gasteiger partial charge on any atom is 0.140 e. The minimum absolute atomic E-state index is 0.242. The number of hydrogen-bond acceptors (Lipinski definition) is 3. The van der Waals surface area contributed by atoms with Gasteiger partial charge >= 0.3 is 0 Å². The minimum Gasteiger partial charge on any atom is -0.495 e. The number of fused-ring (bicyclic) bond motifs is 1. The van der Waals surface area contributed by atoms with Crippen molar-refractivity contribution in [3.05, 3.63) is 48.0 Å². The quantitative estimate of drug-likeness (QED) is 0.697. The Kier molecular flexibility index (Phi) is 4.41. The summed E-state index contributed by atoms with van der Waals surface area (Å²) in [7, 11) is 0.299. The third-order valence-electron chi connectivity index (χ3n) is 4.00. The average molecular weight is 360 g/mol. The van der Waals surface area contributed by atoms with E-state index in [2.05, 4.69) is 4.98 Å². The van der Waals surface area contributed by atoms with E-state index in [9.17, 15) is 8.60 Å². The summed E-state index contributed by atoms with van der Waals surface area (Å²) < 4.78 is 33.4. The van der Waals surface area contributed by atoms with Gasteiger partial charge in [0, 0.05) is 22.6 Å². The van der Waals surface area contributed by atoms with Gasteiger partial charge in [0.05, 0.1) is 34.7 Å². The highest BCUT2D eigenvalue weighted by Gasteiger charge is 2.25. The zero-order valence-electron chi connectivity index (χ0n) is 15.0. The van der Waals surface area contributed by atoms with Crippen molar-refractivity contribution in [3.63, 3.8) is 0 Å². The van der Waals surface area contributed by atoms with Gasteiger partial charge in [0.1, 0.15) is 17.2 Å². The number of ether oxygens (including phenoxy) is 1. The number of methoxy groups -OCH3 is 1. The van der Waals surface area contributed by atoms with Crippen molar-refractivity contribution < 1.29 is 13.3 Å². The summed E-state index contributed by atoms with van der Waals surface area (Å²) in [5, 5.41) is 0. The van der Waals surface area contributed by atoms with Crippen molar-refractivity contribution in [2.75, 3.05) is 7.11 Å². The predicted octanol–water partition coefficient (Wildman–Crippen LogP) is 4.36. The van der Waals surface area contributed by atoms with E-state index in [1.54, 1.807) is 44.6 Å². The smallest absolute Gasteiger partial charge is 0.140 e. The van der Waals surface area contributed by atoms with Crippen LogP contribution >= 0.6 is 0 Å². The van der Waals surface area contributed by atoms with Gasteiger partial charge in [0.2, 0.25) is 0 Å². The molecule has 0 radical (unpaired) electrons. The normalized spacial score (nSPS) is 13.2. The van der Waals surface area contributed by atoms with E-state index in [4.69, 9.17) is 4.74 Å². The van der Waals surface area contributed by atoms with Gasteiger partial charge in [0.25, 0.3) is 0 Å². The van der Waals surface area contributed by atoms with Gasteiger partial charge in [-0.1, -0.05) is 0 Å². The lowest BCUT2D eigenvalue weighted by Gasteiger charge is -2.20. The largest absolute Gasteiger partial charge is 0.495 e. The van der Waals surface area contributed by atoms with Gasteiger partial charge < -0.3 is 4.74 Å². The van der Waals surface area contributed by atoms with E-state index < -0.39 is 15.5 Å². The fourth-order valence-electron chi connectivity index (χ4n) is 2.63. The minimum atomic E-state index is -1.26. The molecule has 0 amide bonds. The summed E-state index contributed by atoms with van der Waals surface area (Å²) in [6.07, 6.45) is 3.53. The second-order valence-electron chi connectivity index (χ2n) is 6.92. The number of pyridine rings is 1. The first kappa shape index (κ1) is 17.6. The molecule has 4 nitrogen and oxygen atoms in total. The molecule has 0 aliphatic rings.